The molecule has 2 rings (SSSR count). The van der Waals surface area contributed by atoms with Crippen molar-refractivity contribution in [1.29, 1.82) is 0 Å². The van der Waals surface area contributed by atoms with E-state index in [4.69, 9.17) is 21.1 Å². The van der Waals surface area contributed by atoms with Crippen molar-refractivity contribution >= 4 is 21.6 Å². The molecule has 8 heteroatoms. The summed E-state index contributed by atoms with van der Waals surface area (Å²) in [4.78, 5) is 0.0309. The molecule has 0 saturated heterocycles. The first-order valence-electron chi connectivity index (χ1n) is 6.53. The van der Waals surface area contributed by atoms with Crippen LogP contribution in [0.4, 0.5) is 4.39 Å². The van der Waals surface area contributed by atoms with Gasteiger partial charge in [-0.1, -0.05) is 17.7 Å². The van der Waals surface area contributed by atoms with E-state index in [1.54, 1.807) is 0 Å². The molecule has 0 aromatic heterocycles. The van der Waals surface area contributed by atoms with E-state index in [0.717, 1.165) is 0 Å². The average molecular weight is 360 g/mol. The average Bonchev–Trinajstić information content (AvgIpc) is 2.55. The summed E-state index contributed by atoms with van der Waals surface area (Å²) in [6, 6.07) is 8.27. The highest BCUT2D eigenvalue weighted by molar-refractivity contribution is 7.89. The Kier molecular flexibility index (Phi) is 5.46. The Balaban J connectivity index is 2.20. The molecule has 0 atom stereocenters. The zero-order valence-corrected chi connectivity index (χ0v) is 14.0. The fourth-order valence-corrected chi connectivity index (χ4v) is 3.13. The predicted molar refractivity (Wildman–Crippen MR) is 85.0 cm³/mol. The Morgan fingerprint density at radius 1 is 1.09 bits per heavy atom. The first kappa shape index (κ1) is 17.5. The van der Waals surface area contributed by atoms with Crippen LogP contribution >= 0.6 is 11.6 Å². The molecular formula is C15H15ClFNO4S. The predicted octanol–water partition coefficient (Wildman–Crippen LogP) is 2.97. The number of hydrogen-bond donors (Lipinski definition) is 1. The molecule has 0 fully saturated rings. The standard InChI is InChI=1S/C15H15ClFNO4S/c1-21-14-6-4-11(8-15(14)22-2)23(19,20)18-9-10-3-5-13(17)12(16)7-10/h3-8,18H,9H2,1-2H3. The third kappa shape index (κ3) is 4.13. The van der Waals surface area contributed by atoms with Gasteiger partial charge in [0.05, 0.1) is 24.1 Å². The van der Waals surface area contributed by atoms with Gasteiger partial charge in [-0.05, 0) is 29.8 Å². The largest absolute Gasteiger partial charge is 0.493 e. The summed E-state index contributed by atoms with van der Waals surface area (Å²) >= 11 is 5.67. The molecular weight excluding hydrogens is 345 g/mol. The van der Waals surface area contributed by atoms with Crippen LogP contribution in [0.5, 0.6) is 11.5 Å². The van der Waals surface area contributed by atoms with Gasteiger partial charge in [0.15, 0.2) is 11.5 Å². The van der Waals surface area contributed by atoms with Crippen LogP contribution in [0.15, 0.2) is 41.3 Å². The van der Waals surface area contributed by atoms with Gasteiger partial charge in [-0.2, -0.15) is 0 Å². The van der Waals surface area contributed by atoms with Crippen molar-refractivity contribution in [2.75, 3.05) is 14.2 Å². The van der Waals surface area contributed by atoms with Crippen molar-refractivity contribution in [3.8, 4) is 11.5 Å². The van der Waals surface area contributed by atoms with Crippen molar-refractivity contribution in [3.05, 3.63) is 52.8 Å². The number of hydrogen-bond acceptors (Lipinski definition) is 4. The molecule has 0 spiro atoms. The van der Waals surface area contributed by atoms with Gasteiger partial charge in [-0.25, -0.2) is 17.5 Å². The van der Waals surface area contributed by atoms with Crippen LogP contribution in [0.25, 0.3) is 0 Å². The maximum atomic E-state index is 13.1. The molecule has 124 valence electrons. The van der Waals surface area contributed by atoms with E-state index in [9.17, 15) is 12.8 Å². The molecule has 0 aliphatic carbocycles. The summed E-state index contributed by atoms with van der Waals surface area (Å²) in [5, 5.41) is -0.0622. The van der Waals surface area contributed by atoms with Crippen molar-refractivity contribution in [2.24, 2.45) is 0 Å². The molecule has 0 bridgehead atoms. The summed E-state index contributed by atoms with van der Waals surface area (Å²) in [5.74, 6) is 0.176. The molecule has 0 saturated carbocycles. The highest BCUT2D eigenvalue weighted by atomic mass is 35.5. The maximum absolute atomic E-state index is 13.1. The van der Waals surface area contributed by atoms with Gasteiger partial charge in [0.2, 0.25) is 10.0 Å². The van der Waals surface area contributed by atoms with Gasteiger partial charge >= 0.3 is 0 Å². The molecule has 2 aromatic carbocycles. The Morgan fingerprint density at radius 2 is 1.78 bits per heavy atom. The number of halogens is 2. The van der Waals surface area contributed by atoms with Crippen LogP contribution in [0.2, 0.25) is 5.02 Å². The topological polar surface area (TPSA) is 64.6 Å². The summed E-state index contributed by atoms with van der Waals surface area (Å²) < 4.78 is 50.3. The first-order valence-corrected chi connectivity index (χ1v) is 8.39. The SMILES string of the molecule is COc1ccc(S(=O)(=O)NCc2ccc(F)c(Cl)c2)cc1OC. The van der Waals surface area contributed by atoms with E-state index in [0.29, 0.717) is 17.1 Å². The quantitative estimate of drug-likeness (QED) is 0.861. The van der Waals surface area contributed by atoms with Gasteiger partial charge < -0.3 is 9.47 Å². The summed E-state index contributed by atoms with van der Waals surface area (Å²) in [5.41, 5.74) is 0.542. The Bertz CT molecular complexity index is 811. The normalized spacial score (nSPS) is 11.3. The van der Waals surface area contributed by atoms with Crippen molar-refractivity contribution in [3.63, 3.8) is 0 Å². The molecule has 5 nitrogen and oxygen atoms in total. The van der Waals surface area contributed by atoms with E-state index in [-0.39, 0.29) is 16.5 Å². The zero-order chi connectivity index (χ0) is 17.0. The second-order valence-electron chi connectivity index (χ2n) is 4.59. The van der Waals surface area contributed by atoms with Crippen molar-refractivity contribution in [1.82, 2.24) is 4.72 Å². The van der Waals surface area contributed by atoms with E-state index in [1.165, 1.54) is 50.6 Å². The van der Waals surface area contributed by atoms with Crippen molar-refractivity contribution < 1.29 is 22.3 Å². The second kappa shape index (κ2) is 7.16. The lowest BCUT2D eigenvalue weighted by molar-refractivity contribution is 0.354. The van der Waals surface area contributed by atoms with Crippen LogP contribution in [-0.4, -0.2) is 22.6 Å². The molecule has 1 N–H and O–H groups in total. The fraction of sp³-hybridized carbons (Fsp3) is 0.200. The minimum absolute atomic E-state index is 0.0172. The summed E-state index contributed by atoms with van der Waals surface area (Å²) in [6.07, 6.45) is 0. The Labute approximate surface area is 139 Å². The number of benzene rings is 2. The zero-order valence-electron chi connectivity index (χ0n) is 12.5. The van der Waals surface area contributed by atoms with Gasteiger partial charge in [0.25, 0.3) is 0 Å². The van der Waals surface area contributed by atoms with Gasteiger partial charge in [0.1, 0.15) is 5.82 Å². The molecule has 0 heterocycles. The van der Waals surface area contributed by atoms with Crippen molar-refractivity contribution in [2.45, 2.75) is 11.4 Å². The lowest BCUT2D eigenvalue weighted by Crippen LogP contribution is -2.23. The smallest absolute Gasteiger partial charge is 0.241 e. The molecule has 23 heavy (non-hydrogen) atoms. The monoisotopic (exact) mass is 359 g/mol. The third-order valence-electron chi connectivity index (χ3n) is 3.12. The van der Waals surface area contributed by atoms with Gasteiger partial charge in [-0.3, -0.25) is 0 Å². The van der Waals surface area contributed by atoms with Crippen LogP contribution in [0.1, 0.15) is 5.56 Å². The number of nitrogens with one attached hydrogen (secondary N) is 1. The minimum Gasteiger partial charge on any atom is -0.493 e. The second-order valence-corrected chi connectivity index (χ2v) is 6.76. The highest BCUT2D eigenvalue weighted by Gasteiger charge is 2.17. The third-order valence-corrected chi connectivity index (χ3v) is 4.80. The molecule has 0 amide bonds. The number of rotatable bonds is 6. The van der Waals surface area contributed by atoms with E-state index in [1.807, 2.05) is 0 Å². The Hall–Kier alpha value is -1.83. The number of ether oxygens (including phenoxy) is 2. The fourth-order valence-electron chi connectivity index (χ4n) is 1.89. The van der Waals surface area contributed by atoms with Gasteiger partial charge in [0, 0.05) is 12.6 Å². The van der Waals surface area contributed by atoms with Gasteiger partial charge in [-0.15, -0.1) is 0 Å². The summed E-state index contributed by atoms with van der Waals surface area (Å²) in [7, 11) is -0.882. The molecule has 0 radical (unpaired) electrons. The first-order chi connectivity index (χ1) is 10.9. The highest BCUT2D eigenvalue weighted by Crippen LogP contribution is 2.29. The molecule has 0 aliphatic heterocycles. The summed E-state index contributed by atoms with van der Waals surface area (Å²) in [6.45, 7) is -0.0172. The molecule has 2 aromatic rings. The Morgan fingerprint density at radius 3 is 2.39 bits per heavy atom. The molecule has 0 unspecified atom stereocenters. The van der Waals surface area contributed by atoms with E-state index >= 15 is 0 Å². The lowest BCUT2D eigenvalue weighted by atomic mass is 10.2. The number of methoxy groups -OCH3 is 2. The van der Waals surface area contributed by atoms with E-state index in [2.05, 4.69) is 4.72 Å². The minimum atomic E-state index is -3.76. The lowest BCUT2D eigenvalue weighted by Gasteiger charge is -2.11. The van der Waals surface area contributed by atoms with Crippen LogP contribution in [0.3, 0.4) is 0 Å². The van der Waals surface area contributed by atoms with Crippen LogP contribution < -0.4 is 14.2 Å². The van der Waals surface area contributed by atoms with Crippen LogP contribution in [0, 0.1) is 5.82 Å². The molecule has 0 aliphatic rings. The number of sulfonamides is 1. The van der Waals surface area contributed by atoms with E-state index < -0.39 is 15.8 Å². The maximum Gasteiger partial charge on any atom is 0.241 e. The van der Waals surface area contributed by atoms with Crippen LogP contribution in [-0.2, 0) is 16.6 Å².